The van der Waals surface area contributed by atoms with Gasteiger partial charge in [-0.1, -0.05) is 0 Å². The third kappa shape index (κ3) is 3.01. The van der Waals surface area contributed by atoms with Gasteiger partial charge in [-0.2, -0.15) is 0 Å². The molecule has 0 atom stereocenters. The summed E-state index contributed by atoms with van der Waals surface area (Å²) >= 11 is -5.70. The second kappa shape index (κ2) is 10.1. The van der Waals surface area contributed by atoms with Crippen LogP contribution in [0.15, 0.2) is 182 Å². The normalized spacial score (nSPS) is 12.9. The molecule has 6 aromatic rings. The molecule has 180 valence electrons. The van der Waals surface area contributed by atoms with Crippen molar-refractivity contribution in [3.63, 3.8) is 0 Å². The summed E-state index contributed by atoms with van der Waals surface area (Å²) in [6, 6.07) is 67.8. The average Bonchev–Trinajstić information content (AvgIpc) is 3.02. The van der Waals surface area contributed by atoms with Crippen LogP contribution in [0.5, 0.6) is 0 Å². The van der Waals surface area contributed by atoms with Crippen molar-refractivity contribution >= 4 is 37.1 Å². The third-order valence-corrected chi connectivity index (χ3v) is 35.6. The molecule has 0 aliphatic heterocycles. The minimum absolute atomic E-state index is 0. The molecule has 0 bridgehead atoms. The zero-order valence-electron chi connectivity index (χ0n) is 21.8. The third-order valence-electron chi connectivity index (χ3n) is 8.41. The van der Waals surface area contributed by atoms with Gasteiger partial charge in [-0.15, -0.1) is 0 Å². The molecule has 0 radical (unpaired) electrons. The minimum atomic E-state index is -5.70. The Bertz CT molecular complexity index is 1280. The zero-order valence-corrected chi connectivity index (χ0v) is 24.3. The Balaban J connectivity index is 0.00000294. The molecule has 0 aliphatic rings. The van der Waals surface area contributed by atoms with Gasteiger partial charge >= 0.3 is 238 Å². The van der Waals surface area contributed by atoms with E-state index in [0.717, 1.165) is 0 Å². The van der Waals surface area contributed by atoms with Gasteiger partial charge in [0, 0.05) is 0 Å². The molecule has 0 aromatic heterocycles. The maximum absolute atomic E-state index is 5.70. The number of benzene rings is 6. The van der Waals surface area contributed by atoms with Gasteiger partial charge in [0.15, 0.2) is 0 Å². The van der Waals surface area contributed by atoms with Crippen LogP contribution in [-0.4, -0.2) is 16.0 Å². The van der Waals surface area contributed by atoms with Crippen LogP contribution >= 0.6 is 0 Å². The molecule has 0 unspecified atom stereocenters. The Morgan fingerprint density at radius 2 is 0.342 bits per heavy atom. The number of hydrogen-bond acceptors (Lipinski definition) is 0. The Kier molecular flexibility index (Phi) is 7.02. The molecule has 38 heavy (non-hydrogen) atoms. The van der Waals surface area contributed by atoms with Gasteiger partial charge in [0.05, 0.1) is 0 Å². The van der Waals surface area contributed by atoms with Crippen molar-refractivity contribution in [3.05, 3.63) is 182 Å². The second-order valence-electron chi connectivity index (χ2n) is 9.69. The molecule has 2 heteroatoms. The molecule has 0 spiro atoms. The van der Waals surface area contributed by atoms with Crippen LogP contribution in [0.2, 0.25) is 0 Å². The van der Waals surface area contributed by atoms with E-state index in [-0.39, 0.29) is 18.9 Å². The van der Waals surface area contributed by atoms with Crippen molar-refractivity contribution in [2.45, 2.75) is 0 Å². The van der Waals surface area contributed by atoms with Gasteiger partial charge < -0.3 is 0 Å². The fourth-order valence-electron chi connectivity index (χ4n) is 7.04. The van der Waals surface area contributed by atoms with E-state index < -0.39 is 16.0 Å². The van der Waals surface area contributed by atoms with Crippen LogP contribution in [-0.2, 0) is 0 Å². The molecule has 0 heterocycles. The van der Waals surface area contributed by atoms with Crippen molar-refractivity contribution in [1.29, 1.82) is 0 Å². The Morgan fingerprint density at radius 1 is 0.211 bits per heavy atom. The van der Waals surface area contributed by atoms with Crippen LogP contribution in [0, 0.1) is 0 Å². The van der Waals surface area contributed by atoms with Gasteiger partial charge in [-0.25, -0.2) is 0 Å². The first-order valence-corrected chi connectivity index (χ1v) is 20.5. The Hall–Kier alpha value is -3.26. The van der Waals surface area contributed by atoms with Crippen LogP contribution in [0.25, 0.3) is 0 Å². The summed E-state index contributed by atoms with van der Waals surface area (Å²) in [6.07, 6.45) is 0. The molecule has 6 rings (SSSR count). The van der Waals surface area contributed by atoms with Crippen molar-refractivity contribution in [2.24, 2.45) is 0 Å². The predicted molar refractivity (Wildman–Crippen MR) is 162 cm³/mol. The van der Waals surface area contributed by atoms with Gasteiger partial charge in [0.25, 0.3) is 0 Å². The molecule has 0 fully saturated rings. The van der Waals surface area contributed by atoms with E-state index in [0.29, 0.717) is 0 Å². The first kappa shape index (κ1) is 26.3. The fraction of sp³-hybridized carbons (Fsp3) is 0. The molecule has 0 amide bonds. The van der Waals surface area contributed by atoms with E-state index in [9.17, 15) is 0 Å². The van der Waals surface area contributed by atoms with Crippen molar-refractivity contribution < 1.29 is 18.9 Å². The van der Waals surface area contributed by atoms with E-state index in [1.165, 1.54) is 21.1 Å². The Morgan fingerprint density at radius 3 is 0.474 bits per heavy atom. The summed E-state index contributed by atoms with van der Waals surface area (Å²) in [4.78, 5) is 0. The van der Waals surface area contributed by atoms with Gasteiger partial charge in [-0.05, 0) is 0 Å². The van der Waals surface area contributed by atoms with Crippen molar-refractivity contribution in [2.75, 3.05) is 0 Å². The van der Waals surface area contributed by atoms with Gasteiger partial charge in [0.1, 0.15) is 0 Å². The van der Waals surface area contributed by atoms with E-state index in [2.05, 4.69) is 182 Å². The summed E-state index contributed by atoms with van der Waals surface area (Å²) in [6.45, 7) is 0. The zero-order chi connectivity index (χ0) is 25.1. The summed E-state index contributed by atoms with van der Waals surface area (Å²) in [5.41, 5.74) is 0. The van der Waals surface area contributed by atoms with E-state index in [1.54, 1.807) is 0 Å². The van der Waals surface area contributed by atoms with E-state index in [1.807, 2.05) is 0 Å². The monoisotopic (exact) mass is 590 g/mol. The predicted octanol–water partition coefficient (Wildman–Crippen LogP) is 1.79. The summed E-state index contributed by atoms with van der Waals surface area (Å²) in [5.74, 6) is 0. The SMILES string of the molecule is [Li+].c1cc[c]([Sb-]([c]2ccccc2)([c]2ccccc2)([c]2ccccc2)([c]2ccccc2)[c]2ccccc2)cc1. The van der Waals surface area contributed by atoms with Crippen LogP contribution < -0.4 is 39.9 Å². The second-order valence-corrected chi connectivity index (χ2v) is 28.1. The first-order valence-electron chi connectivity index (χ1n) is 12.8. The first-order chi connectivity index (χ1) is 18.3. The van der Waals surface area contributed by atoms with Gasteiger partial charge in [-0.3, -0.25) is 0 Å². The topological polar surface area (TPSA) is 0 Å². The molecule has 0 aliphatic carbocycles. The number of rotatable bonds is 6. The maximum atomic E-state index is 2.38. The summed E-state index contributed by atoms with van der Waals surface area (Å²) in [7, 11) is 0. The number of hydrogen-bond donors (Lipinski definition) is 0. The Labute approximate surface area is 236 Å². The van der Waals surface area contributed by atoms with E-state index in [4.69, 9.17) is 0 Å². The molecule has 0 nitrogen and oxygen atoms in total. The van der Waals surface area contributed by atoms with Gasteiger partial charge in [0.2, 0.25) is 0 Å². The molecule has 6 aromatic carbocycles. The quantitative estimate of drug-likeness (QED) is 0.260. The molecule has 0 saturated heterocycles. The van der Waals surface area contributed by atoms with Crippen LogP contribution in [0.3, 0.4) is 0 Å². The van der Waals surface area contributed by atoms with Crippen LogP contribution in [0.4, 0.5) is 0 Å². The molecular formula is C36H30LiSb. The van der Waals surface area contributed by atoms with Crippen molar-refractivity contribution in [1.82, 2.24) is 0 Å². The average molecular weight is 591 g/mol. The molecule has 0 saturated carbocycles. The standard InChI is InChI=1S/6C6H5.Li.Sb/c6*1-2-4-6-5-3-1;;/h6*1-5H;;/q;;;;;;+1;-1. The fourth-order valence-corrected chi connectivity index (χ4v) is 35.5. The summed E-state index contributed by atoms with van der Waals surface area (Å²) < 4.78 is 8.15. The van der Waals surface area contributed by atoms with Crippen molar-refractivity contribution in [3.8, 4) is 0 Å². The molecule has 0 N–H and O–H groups in total. The molecular weight excluding hydrogens is 561 g/mol. The summed E-state index contributed by atoms with van der Waals surface area (Å²) in [5, 5.41) is 0. The van der Waals surface area contributed by atoms with E-state index >= 15 is 0 Å². The van der Waals surface area contributed by atoms with Crippen LogP contribution in [0.1, 0.15) is 0 Å².